The first-order valence-electron chi connectivity index (χ1n) is 18.8. The molecular weight excluding hydrogens is 675 g/mol. The second-order valence-corrected chi connectivity index (χ2v) is 14.4. The van der Waals surface area contributed by atoms with Gasteiger partial charge in [0.1, 0.15) is 17.7 Å². The summed E-state index contributed by atoms with van der Waals surface area (Å²) in [6.45, 7) is 9.17. The minimum absolute atomic E-state index is 0.0648. The quantitative estimate of drug-likeness (QED) is 0.138. The predicted octanol–water partition coefficient (Wildman–Crippen LogP) is 6.97. The SMILES string of the molecule is Cc1cccnc1[C@H]1CCC[C@@H](c2ncccc2C)N1CCNC1CN(C(=O)c2cc3c(-c4cccc(NC(=O)c5ccccc5)c4C)ncnc3[nH]2)C1. The molecule has 8 rings (SSSR count). The highest BCUT2D eigenvalue weighted by Crippen LogP contribution is 2.42. The number of H-pyrrole nitrogens is 1. The van der Waals surface area contributed by atoms with Crippen molar-refractivity contribution in [2.75, 3.05) is 31.5 Å². The summed E-state index contributed by atoms with van der Waals surface area (Å²) in [6, 6.07) is 25.7. The number of fused-ring (bicyclic) bond motifs is 1. The maximum absolute atomic E-state index is 13.7. The van der Waals surface area contributed by atoms with E-state index < -0.39 is 0 Å². The number of aromatic nitrogens is 5. The van der Waals surface area contributed by atoms with Crippen LogP contribution in [0.5, 0.6) is 0 Å². The van der Waals surface area contributed by atoms with E-state index in [9.17, 15) is 9.59 Å². The van der Waals surface area contributed by atoms with Gasteiger partial charge in [0.2, 0.25) is 0 Å². The first-order valence-corrected chi connectivity index (χ1v) is 18.8. The molecule has 0 aliphatic carbocycles. The second-order valence-electron chi connectivity index (χ2n) is 14.4. The summed E-state index contributed by atoms with van der Waals surface area (Å²) < 4.78 is 0. The van der Waals surface area contributed by atoms with Crippen molar-refractivity contribution in [2.45, 2.75) is 58.2 Å². The number of anilines is 1. The molecule has 0 unspecified atom stereocenters. The number of amides is 2. The number of carbonyl (C=O) groups excluding carboxylic acids is 2. The van der Waals surface area contributed by atoms with Gasteiger partial charge in [-0.3, -0.25) is 24.5 Å². The zero-order chi connectivity index (χ0) is 37.2. The van der Waals surface area contributed by atoms with Gasteiger partial charge in [-0.2, -0.15) is 0 Å². The number of hydrogen-bond donors (Lipinski definition) is 3. The molecule has 6 aromatic rings. The normalized spacial score (nSPS) is 17.7. The van der Waals surface area contributed by atoms with Crippen LogP contribution in [0.15, 0.2) is 97.6 Å². The first-order chi connectivity index (χ1) is 26.4. The zero-order valence-electron chi connectivity index (χ0n) is 30.9. The number of benzene rings is 2. The Hall–Kier alpha value is -5.78. The van der Waals surface area contributed by atoms with Gasteiger partial charge >= 0.3 is 0 Å². The number of nitrogens with zero attached hydrogens (tertiary/aromatic N) is 6. The minimum Gasteiger partial charge on any atom is -0.335 e. The fourth-order valence-corrected chi connectivity index (χ4v) is 8.07. The second kappa shape index (κ2) is 15.3. The third-order valence-electron chi connectivity index (χ3n) is 11.0. The summed E-state index contributed by atoms with van der Waals surface area (Å²) in [5, 5.41) is 7.52. The van der Waals surface area contributed by atoms with Gasteiger partial charge in [-0.1, -0.05) is 42.5 Å². The Balaban J connectivity index is 0.929. The van der Waals surface area contributed by atoms with Gasteiger partial charge in [-0.25, -0.2) is 9.97 Å². The molecule has 274 valence electrons. The third-order valence-corrected chi connectivity index (χ3v) is 11.0. The maximum atomic E-state index is 13.7. The van der Waals surface area contributed by atoms with Crippen LogP contribution in [0, 0.1) is 20.8 Å². The summed E-state index contributed by atoms with van der Waals surface area (Å²) >= 11 is 0. The van der Waals surface area contributed by atoms with Crippen molar-refractivity contribution in [2.24, 2.45) is 0 Å². The fraction of sp³-hybridized carbons (Fsp3) is 0.302. The topological polar surface area (TPSA) is 132 Å². The number of likely N-dealkylation sites (tertiary alicyclic amines) is 2. The molecule has 0 radical (unpaired) electrons. The largest absolute Gasteiger partial charge is 0.335 e. The molecule has 2 aliphatic heterocycles. The molecular formula is C43H45N9O2. The summed E-state index contributed by atoms with van der Waals surface area (Å²) in [5.74, 6) is -0.246. The van der Waals surface area contributed by atoms with Crippen molar-refractivity contribution in [1.29, 1.82) is 0 Å². The van der Waals surface area contributed by atoms with Crippen molar-refractivity contribution < 1.29 is 9.59 Å². The summed E-state index contributed by atoms with van der Waals surface area (Å²) in [7, 11) is 0. The van der Waals surface area contributed by atoms with Crippen LogP contribution in [0.2, 0.25) is 0 Å². The molecule has 4 aromatic heterocycles. The molecule has 2 fully saturated rings. The Morgan fingerprint density at radius 1 is 0.815 bits per heavy atom. The molecule has 0 spiro atoms. The van der Waals surface area contributed by atoms with Crippen LogP contribution in [-0.2, 0) is 0 Å². The van der Waals surface area contributed by atoms with E-state index in [2.05, 4.69) is 56.5 Å². The molecule has 6 heterocycles. The average molecular weight is 720 g/mol. The van der Waals surface area contributed by atoms with E-state index in [4.69, 9.17) is 9.97 Å². The van der Waals surface area contributed by atoms with Crippen LogP contribution in [0.25, 0.3) is 22.3 Å². The van der Waals surface area contributed by atoms with Crippen molar-refractivity contribution in [3.8, 4) is 11.3 Å². The summed E-state index contributed by atoms with van der Waals surface area (Å²) in [4.78, 5) is 53.1. The first kappa shape index (κ1) is 35.3. The lowest BCUT2D eigenvalue weighted by Gasteiger charge is -2.44. The highest BCUT2D eigenvalue weighted by molar-refractivity contribution is 6.06. The Morgan fingerprint density at radius 3 is 2.20 bits per heavy atom. The number of aromatic amines is 1. The predicted molar refractivity (Wildman–Crippen MR) is 210 cm³/mol. The van der Waals surface area contributed by atoms with Crippen LogP contribution in [0.1, 0.15) is 80.3 Å². The van der Waals surface area contributed by atoms with Gasteiger partial charge in [0.15, 0.2) is 0 Å². The lowest BCUT2D eigenvalue weighted by atomic mass is 9.89. The van der Waals surface area contributed by atoms with Crippen LogP contribution in [0.3, 0.4) is 0 Å². The van der Waals surface area contributed by atoms with Crippen LogP contribution in [0.4, 0.5) is 5.69 Å². The molecule has 54 heavy (non-hydrogen) atoms. The number of aryl methyl sites for hydroxylation is 2. The van der Waals surface area contributed by atoms with Crippen LogP contribution >= 0.6 is 0 Å². The van der Waals surface area contributed by atoms with E-state index >= 15 is 0 Å². The molecule has 2 saturated heterocycles. The standard InChI is InChI=1S/C43H45N9O2/c1-27-11-9-19-45-38(27)36-17-8-18-37(39-28(2)12-10-20-46-39)52(36)22-21-44-31-24-51(25-31)43(54)35-23-33-40(47-26-48-41(33)49-35)32-15-7-16-34(29(32)3)50-42(53)30-13-5-4-6-14-30/h4-7,9-16,19-20,23,26,31,36-37,44H,8,17-18,21-22,24-25H2,1-3H3,(H,50,53)(H,47,48,49)/t36-,37+. The molecule has 2 aliphatic rings. The van der Waals surface area contributed by atoms with Gasteiger partial charge in [-0.15, -0.1) is 0 Å². The Bertz CT molecular complexity index is 2250. The van der Waals surface area contributed by atoms with Gasteiger partial charge in [0.05, 0.1) is 29.2 Å². The van der Waals surface area contributed by atoms with Gasteiger partial charge in [0.25, 0.3) is 11.8 Å². The van der Waals surface area contributed by atoms with E-state index in [-0.39, 0.29) is 29.9 Å². The van der Waals surface area contributed by atoms with Crippen molar-refractivity contribution in [1.82, 2.24) is 40.0 Å². The highest BCUT2D eigenvalue weighted by atomic mass is 16.2. The number of pyridine rings is 2. The number of rotatable bonds is 10. The molecule has 0 bridgehead atoms. The van der Waals surface area contributed by atoms with E-state index in [0.717, 1.165) is 60.3 Å². The van der Waals surface area contributed by atoms with Crippen LogP contribution in [-0.4, -0.2) is 78.8 Å². The Morgan fingerprint density at radius 2 is 1.52 bits per heavy atom. The highest BCUT2D eigenvalue weighted by Gasteiger charge is 2.36. The Labute approximate surface area is 315 Å². The van der Waals surface area contributed by atoms with E-state index in [1.165, 1.54) is 17.5 Å². The lowest BCUT2D eigenvalue weighted by Crippen LogP contribution is -2.60. The molecule has 11 nitrogen and oxygen atoms in total. The van der Waals surface area contributed by atoms with Gasteiger partial charge in [-0.05, 0) is 93.1 Å². The number of nitrogens with one attached hydrogen (secondary N) is 3. The Kier molecular flexibility index (Phi) is 9.99. The van der Waals surface area contributed by atoms with Crippen molar-refractivity contribution in [3.05, 3.63) is 137 Å². The molecule has 3 N–H and O–H groups in total. The molecule has 2 atom stereocenters. The lowest BCUT2D eigenvalue weighted by molar-refractivity contribution is 0.0523. The molecule has 2 aromatic carbocycles. The summed E-state index contributed by atoms with van der Waals surface area (Å²) in [6.07, 6.45) is 8.58. The van der Waals surface area contributed by atoms with Crippen molar-refractivity contribution in [3.63, 3.8) is 0 Å². The third kappa shape index (κ3) is 7.00. The summed E-state index contributed by atoms with van der Waals surface area (Å²) in [5.41, 5.74) is 9.53. The average Bonchev–Trinajstić information content (AvgIpc) is 3.62. The smallest absolute Gasteiger partial charge is 0.270 e. The number of piperidine rings is 1. The monoisotopic (exact) mass is 719 g/mol. The molecule has 0 saturated carbocycles. The van der Waals surface area contributed by atoms with E-state index in [0.29, 0.717) is 41.4 Å². The number of carbonyl (C=O) groups is 2. The van der Waals surface area contributed by atoms with E-state index in [1.54, 1.807) is 12.1 Å². The maximum Gasteiger partial charge on any atom is 0.270 e. The fourth-order valence-electron chi connectivity index (χ4n) is 8.07. The zero-order valence-corrected chi connectivity index (χ0v) is 30.9. The van der Waals surface area contributed by atoms with Crippen LogP contribution < -0.4 is 10.6 Å². The molecule has 2 amide bonds. The minimum atomic E-state index is -0.181. The number of hydrogen-bond acceptors (Lipinski definition) is 8. The molecule has 11 heteroatoms. The van der Waals surface area contributed by atoms with Gasteiger partial charge in [0, 0.05) is 66.8 Å². The van der Waals surface area contributed by atoms with Gasteiger partial charge < -0.3 is 20.5 Å². The van der Waals surface area contributed by atoms with Crippen molar-refractivity contribution >= 4 is 28.5 Å². The van der Waals surface area contributed by atoms with E-state index in [1.807, 2.05) is 78.8 Å².